The van der Waals surface area contributed by atoms with E-state index in [-0.39, 0.29) is 6.61 Å². The van der Waals surface area contributed by atoms with E-state index in [4.69, 9.17) is 5.11 Å². The second-order valence-electron chi connectivity index (χ2n) is 4.07. The Morgan fingerprint density at radius 1 is 1.29 bits per heavy atom. The molecule has 0 aliphatic rings. The maximum absolute atomic E-state index is 11.5. The van der Waals surface area contributed by atoms with Gasteiger partial charge in [-0.15, -0.1) is 0 Å². The molecule has 0 fully saturated rings. The third-order valence-electron chi connectivity index (χ3n) is 1.93. The fourth-order valence-electron chi connectivity index (χ4n) is 1.40. The Bertz CT molecular complexity index is 462. The van der Waals surface area contributed by atoms with Crippen molar-refractivity contribution in [1.29, 1.82) is 0 Å². The molecular formula is C11H17NO4S. The first-order valence-electron chi connectivity index (χ1n) is 5.22. The van der Waals surface area contributed by atoms with E-state index in [2.05, 4.69) is 8.91 Å². The zero-order valence-electron chi connectivity index (χ0n) is 10.1. The van der Waals surface area contributed by atoms with Gasteiger partial charge in [-0.05, 0) is 44.0 Å². The molecule has 96 valence electrons. The summed E-state index contributed by atoms with van der Waals surface area (Å²) in [5.74, 6) is 0. The van der Waals surface area contributed by atoms with Crippen molar-refractivity contribution < 1.29 is 17.7 Å². The van der Waals surface area contributed by atoms with Gasteiger partial charge in [-0.3, -0.25) is 8.91 Å². The molecule has 1 atom stereocenters. The van der Waals surface area contributed by atoms with Crippen LogP contribution in [0.25, 0.3) is 0 Å². The molecule has 0 amide bonds. The minimum atomic E-state index is -3.87. The molecule has 6 heteroatoms. The van der Waals surface area contributed by atoms with Gasteiger partial charge in [0, 0.05) is 0 Å². The van der Waals surface area contributed by atoms with Crippen LogP contribution in [0.5, 0.6) is 0 Å². The van der Waals surface area contributed by atoms with E-state index in [1.807, 2.05) is 19.9 Å². The molecule has 1 aromatic carbocycles. The summed E-state index contributed by atoms with van der Waals surface area (Å²) in [7, 11) is -3.87. The van der Waals surface area contributed by atoms with Crippen LogP contribution >= 0.6 is 0 Å². The minimum Gasteiger partial charge on any atom is -0.391 e. The van der Waals surface area contributed by atoms with E-state index in [1.165, 1.54) is 6.92 Å². The van der Waals surface area contributed by atoms with E-state index in [9.17, 15) is 8.42 Å². The summed E-state index contributed by atoms with van der Waals surface area (Å²) < 4.78 is 29.8. The predicted molar refractivity (Wildman–Crippen MR) is 66.1 cm³/mol. The topological polar surface area (TPSA) is 75.6 Å². The number of nitrogens with one attached hydrogen (secondary N) is 1. The first-order chi connectivity index (χ1) is 7.78. The average Bonchev–Trinajstić information content (AvgIpc) is 2.12. The van der Waals surface area contributed by atoms with Gasteiger partial charge < -0.3 is 5.11 Å². The second-order valence-corrected chi connectivity index (χ2v) is 5.41. The molecule has 0 aromatic heterocycles. The Morgan fingerprint density at radius 2 is 1.82 bits per heavy atom. The van der Waals surface area contributed by atoms with Crippen LogP contribution in [0.15, 0.2) is 18.2 Å². The zero-order chi connectivity index (χ0) is 13.1. The van der Waals surface area contributed by atoms with E-state index in [0.29, 0.717) is 5.69 Å². The highest BCUT2D eigenvalue weighted by Gasteiger charge is 2.12. The van der Waals surface area contributed by atoms with Crippen LogP contribution in [-0.2, 0) is 14.5 Å². The van der Waals surface area contributed by atoms with Crippen LogP contribution in [0.3, 0.4) is 0 Å². The van der Waals surface area contributed by atoms with E-state index in [1.54, 1.807) is 12.1 Å². The van der Waals surface area contributed by atoms with Crippen molar-refractivity contribution in [1.82, 2.24) is 0 Å². The van der Waals surface area contributed by atoms with Crippen molar-refractivity contribution >= 4 is 16.0 Å². The number of hydrogen-bond acceptors (Lipinski definition) is 4. The third-order valence-corrected chi connectivity index (χ3v) is 2.86. The van der Waals surface area contributed by atoms with Crippen molar-refractivity contribution in [3.63, 3.8) is 0 Å². The van der Waals surface area contributed by atoms with Crippen LogP contribution in [0.1, 0.15) is 18.1 Å². The molecule has 17 heavy (non-hydrogen) atoms. The van der Waals surface area contributed by atoms with Crippen molar-refractivity contribution in [2.45, 2.75) is 26.9 Å². The minimum absolute atomic E-state index is 0.264. The quantitative estimate of drug-likeness (QED) is 0.837. The normalized spacial score (nSPS) is 13.4. The van der Waals surface area contributed by atoms with Gasteiger partial charge in [0.1, 0.15) is 0 Å². The first-order valence-corrected chi connectivity index (χ1v) is 6.63. The Hall–Kier alpha value is -1.11. The Morgan fingerprint density at radius 3 is 2.29 bits per heavy atom. The molecule has 0 saturated carbocycles. The molecular weight excluding hydrogens is 242 g/mol. The molecule has 0 bridgehead atoms. The monoisotopic (exact) mass is 259 g/mol. The number of benzene rings is 1. The Labute approximate surface area is 102 Å². The maximum Gasteiger partial charge on any atom is 0.360 e. The highest BCUT2D eigenvalue weighted by atomic mass is 32.2. The van der Waals surface area contributed by atoms with Gasteiger partial charge in [0.25, 0.3) is 0 Å². The smallest absolute Gasteiger partial charge is 0.360 e. The van der Waals surface area contributed by atoms with Gasteiger partial charge in [-0.25, -0.2) is 0 Å². The van der Waals surface area contributed by atoms with Gasteiger partial charge in [-0.1, -0.05) is 6.07 Å². The van der Waals surface area contributed by atoms with Crippen LogP contribution in [0, 0.1) is 13.8 Å². The molecule has 0 aliphatic carbocycles. The molecule has 1 rings (SSSR count). The fraction of sp³-hybridized carbons (Fsp3) is 0.455. The number of anilines is 1. The summed E-state index contributed by atoms with van der Waals surface area (Å²) in [6.45, 7) is 4.94. The Balaban J connectivity index is 2.76. The van der Waals surface area contributed by atoms with Crippen molar-refractivity contribution in [3.8, 4) is 0 Å². The molecule has 0 saturated heterocycles. The molecule has 0 spiro atoms. The lowest BCUT2D eigenvalue weighted by Crippen LogP contribution is -2.21. The van der Waals surface area contributed by atoms with E-state index in [0.717, 1.165) is 11.1 Å². The Kier molecular flexibility index (Phi) is 4.50. The van der Waals surface area contributed by atoms with Crippen LogP contribution in [0.4, 0.5) is 5.69 Å². The lowest BCUT2D eigenvalue weighted by molar-refractivity contribution is 0.126. The number of aliphatic hydroxyl groups is 1. The van der Waals surface area contributed by atoms with Crippen molar-refractivity contribution in [3.05, 3.63) is 29.3 Å². The molecule has 5 nitrogen and oxygen atoms in total. The molecule has 0 aliphatic heterocycles. The number of rotatable bonds is 5. The molecule has 1 aromatic rings. The molecule has 0 radical (unpaired) electrons. The summed E-state index contributed by atoms with van der Waals surface area (Å²) in [5, 5.41) is 8.95. The summed E-state index contributed by atoms with van der Waals surface area (Å²) in [6, 6.07) is 5.35. The predicted octanol–water partition coefficient (Wildman–Crippen LogP) is 1.36. The zero-order valence-corrected chi connectivity index (χ0v) is 10.9. The summed E-state index contributed by atoms with van der Waals surface area (Å²) in [6.07, 6.45) is -0.828. The number of hydrogen-bond donors (Lipinski definition) is 2. The summed E-state index contributed by atoms with van der Waals surface area (Å²) in [5.41, 5.74) is 2.37. The molecule has 2 N–H and O–H groups in total. The van der Waals surface area contributed by atoms with Crippen LogP contribution in [0.2, 0.25) is 0 Å². The third kappa shape index (κ3) is 5.16. The van der Waals surface area contributed by atoms with Gasteiger partial charge >= 0.3 is 10.3 Å². The lowest BCUT2D eigenvalue weighted by atomic mass is 10.1. The number of aryl methyl sites for hydroxylation is 2. The van der Waals surface area contributed by atoms with Crippen LogP contribution < -0.4 is 4.72 Å². The molecule has 1 unspecified atom stereocenters. The highest BCUT2D eigenvalue weighted by molar-refractivity contribution is 7.88. The van der Waals surface area contributed by atoms with Gasteiger partial charge in [0.05, 0.1) is 18.4 Å². The summed E-state index contributed by atoms with van der Waals surface area (Å²) in [4.78, 5) is 0. The van der Waals surface area contributed by atoms with E-state index >= 15 is 0 Å². The van der Waals surface area contributed by atoms with Gasteiger partial charge in [-0.2, -0.15) is 8.42 Å². The molecule has 0 heterocycles. The number of aliphatic hydroxyl groups excluding tert-OH is 1. The van der Waals surface area contributed by atoms with E-state index < -0.39 is 16.4 Å². The van der Waals surface area contributed by atoms with Gasteiger partial charge in [0.15, 0.2) is 0 Å². The first kappa shape index (κ1) is 14.0. The highest BCUT2D eigenvalue weighted by Crippen LogP contribution is 2.15. The van der Waals surface area contributed by atoms with Crippen LogP contribution in [-0.4, -0.2) is 26.2 Å². The van der Waals surface area contributed by atoms with Crippen molar-refractivity contribution in [2.75, 3.05) is 11.3 Å². The SMILES string of the molecule is Cc1cc(C)cc(NS(=O)(=O)OCC(C)O)c1. The fourth-order valence-corrected chi connectivity index (χ4v) is 2.24. The maximum atomic E-state index is 11.5. The van der Waals surface area contributed by atoms with Gasteiger partial charge in [0.2, 0.25) is 0 Å². The second kappa shape index (κ2) is 5.48. The summed E-state index contributed by atoms with van der Waals surface area (Å²) >= 11 is 0. The van der Waals surface area contributed by atoms with Crippen molar-refractivity contribution in [2.24, 2.45) is 0 Å². The standard InChI is InChI=1S/C11H17NO4S/c1-8-4-9(2)6-11(5-8)12-17(14,15)16-7-10(3)13/h4-6,10,12-13H,7H2,1-3H3. The average molecular weight is 259 g/mol. The largest absolute Gasteiger partial charge is 0.391 e. The lowest BCUT2D eigenvalue weighted by Gasteiger charge is -2.10.